The van der Waals surface area contributed by atoms with E-state index in [0.717, 1.165) is 5.57 Å². The molecular formula is C19H21BClNO6. The van der Waals surface area contributed by atoms with Crippen LogP contribution in [0.15, 0.2) is 29.2 Å². The molecule has 0 saturated carbocycles. The Bertz CT molecular complexity index is 874. The van der Waals surface area contributed by atoms with E-state index in [1.807, 2.05) is 0 Å². The number of rotatable bonds is 3. The Kier molecular flexibility index (Phi) is 4.99. The van der Waals surface area contributed by atoms with Crippen LogP contribution in [0.2, 0.25) is 5.02 Å². The number of fused-ring (bicyclic) bond motifs is 3. The summed E-state index contributed by atoms with van der Waals surface area (Å²) in [7, 11) is 1.84. The van der Waals surface area contributed by atoms with Crippen molar-refractivity contribution in [1.82, 2.24) is 4.90 Å². The number of aromatic hydroxyl groups is 1. The molecule has 0 spiro atoms. The molecule has 2 saturated heterocycles. The average Bonchev–Trinajstić information content (AvgIpc) is 2.86. The number of halogens is 1. The third-order valence-electron chi connectivity index (χ3n) is 6.08. The Balaban J connectivity index is 1.76. The van der Waals surface area contributed by atoms with Crippen LogP contribution in [0.5, 0.6) is 5.75 Å². The van der Waals surface area contributed by atoms with Crippen LogP contribution < -0.4 is 0 Å². The molecule has 9 heteroatoms. The molecule has 148 valence electrons. The van der Waals surface area contributed by atoms with Crippen LogP contribution in [0.1, 0.15) is 24.5 Å². The van der Waals surface area contributed by atoms with E-state index in [9.17, 15) is 19.7 Å². The molecule has 0 aromatic heterocycles. The normalized spacial score (nSPS) is 30.0. The average molecular weight is 406 g/mol. The number of carbonyl (C=O) groups is 2. The van der Waals surface area contributed by atoms with Gasteiger partial charge in [0.1, 0.15) is 5.75 Å². The summed E-state index contributed by atoms with van der Waals surface area (Å²) in [4.78, 5) is 26.6. The van der Waals surface area contributed by atoms with Gasteiger partial charge in [0.2, 0.25) is 11.8 Å². The van der Waals surface area contributed by atoms with Crippen LogP contribution >= 0.6 is 11.6 Å². The molecule has 3 aliphatic rings. The second-order valence-corrected chi connectivity index (χ2v) is 8.00. The largest absolute Gasteiger partial charge is 0.508 e. The molecule has 2 heterocycles. The van der Waals surface area contributed by atoms with E-state index >= 15 is 0 Å². The lowest BCUT2D eigenvalue weighted by atomic mass is 9.55. The Hall–Kier alpha value is -1.87. The van der Waals surface area contributed by atoms with Crippen molar-refractivity contribution in [2.24, 2.45) is 17.8 Å². The lowest BCUT2D eigenvalue weighted by molar-refractivity contribution is -0.138. The fourth-order valence-electron chi connectivity index (χ4n) is 4.85. The molecular weight excluding hydrogens is 384 g/mol. The maximum atomic E-state index is 12.8. The first-order valence-electron chi connectivity index (χ1n) is 9.17. The highest BCUT2D eigenvalue weighted by molar-refractivity contribution is 6.53. The van der Waals surface area contributed by atoms with Gasteiger partial charge in [-0.15, -0.1) is 0 Å². The summed E-state index contributed by atoms with van der Waals surface area (Å²) in [6, 6.07) is 4.56. The number of phenols is 1. The van der Waals surface area contributed by atoms with Gasteiger partial charge in [0, 0.05) is 19.2 Å². The predicted octanol–water partition coefficient (Wildman–Crippen LogP) is 1.72. The summed E-state index contributed by atoms with van der Waals surface area (Å²) in [5.41, 5.74) is 2.08. The summed E-state index contributed by atoms with van der Waals surface area (Å²) >= 11 is 6.27. The fourth-order valence-corrected chi connectivity index (χ4v) is 5.15. The van der Waals surface area contributed by atoms with Crippen molar-refractivity contribution < 1.29 is 29.1 Å². The molecule has 28 heavy (non-hydrogen) atoms. The van der Waals surface area contributed by atoms with Crippen LogP contribution in [0.25, 0.3) is 0 Å². The Morgan fingerprint density at radius 3 is 2.75 bits per heavy atom. The summed E-state index contributed by atoms with van der Waals surface area (Å²) in [6.07, 6.45) is 0.218. The number of hydrogen-bond acceptors (Lipinski definition) is 6. The number of phenolic OH excluding ortho intramolecular Hbond substituents is 1. The van der Waals surface area contributed by atoms with E-state index in [1.54, 1.807) is 13.2 Å². The van der Waals surface area contributed by atoms with Gasteiger partial charge in [-0.1, -0.05) is 17.7 Å². The summed E-state index contributed by atoms with van der Waals surface area (Å²) in [5.74, 6) is -1.70. The van der Waals surface area contributed by atoms with Crippen LogP contribution in [0.4, 0.5) is 0 Å². The van der Waals surface area contributed by atoms with Gasteiger partial charge in [-0.25, -0.2) is 0 Å². The molecule has 2 amide bonds. The van der Waals surface area contributed by atoms with Crippen molar-refractivity contribution in [2.45, 2.75) is 18.9 Å². The van der Waals surface area contributed by atoms with Crippen molar-refractivity contribution in [3.05, 3.63) is 39.8 Å². The van der Waals surface area contributed by atoms with Crippen LogP contribution in [0.3, 0.4) is 0 Å². The molecule has 2 aliphatic heterocycles. The lowest BCUT2D eigenvalue weighted by Crippen LogP contribution is -2.45. The van der Waals surface area contributed by atoms with E-state index in [1.165, 1.54) is 24.1 Å². The summed E-state index contributed by atoms with van der Waals surface area (Å²) in [5, 5.41) is 20.7. The van der Waals surface area contributed by atoms with Gasteiger partial charge in [-0.05, 0) is 47.5 Å². The number of benzene rings is 1. The molecule has 4 atom stereocenters. The van der Waals surface area contributed by atoms with Gasteiger partial charge in [0.05, 0.1) is 24.5 Å². The highest BCUT2D eigenvalue weighted by Gasteiger charge is 2.57. The number of imide groups is 1. The Labute approximate surface area is 168 Å². The van der Waals surface area contributed by atoms with Crippen molar-refractivity contribution in [3.8, 4) is 5.75 Å². The summed E-state index contributed by atoms with van der Waals surface area (Å²) in [6.45, 7) is 0.269. The van der Waals surface area contributed by atoms with Gasteiger partial charge in [0.25, 0.3) is 0 Å². The third kappa shape index (κ3) is 2.95. The van der Waals surface area contributed by atoms with Gasteiger partial charge in [-0.2, -0.15) is 0 Å². The minimum absolute atomic E-state index is 0.0315. The maximum Gasteiger partial charge on any atom is 0.487 e. The van der Waals surface area contributed by atoms with Crippen LogP contribution in [-0.2, 0) is 19.0 Å². The Morgan fingerprint density at radius 2 is 2.07 bits per heavy atom. The molecule has 0 radical (unpaired) electrons. The molecule has 0 unspecified atom stereocenters. The van der Waals surface area contributed by atoms with Gasteiger partial charge >= 0.3 is 7.12 Å². The first kappa shape index (κ1) is 19.5. The van der Waals surface area contributed by atoms with E-state index < -0.39 is 25.1 Å². The van der Waals surface area contributed by atoms with Crippen molar-refractivity contribution in [2.75, 3.05) is 20.8 Å². The van der Waals surface area contributed by atoms with E-state index in [2.05, 4.69) is 0 Å². The molecule has 0 bridgehead atoms. The monoisotopic (exact) mass is 405 g/mol. The number of nitrogens with zero attached hydrogens (tertiary/aromatic N) is 1. The number of allylic oxidation sites excluding steroid dienone is 1. The summed E-state index contributed by atoms with van der Waals surface area (Å²) < 4.78 is 11.1. The quantitative estimate of drug-likeness (QED) is 0.587. The van der Waals surface area contributed by atoms with Gasteiger partial charge in [0.15, 0.2) is 0 Å². The molecule has 1 aromatic carbocycles. The SMILES string of the molecule is COCC1=C2B(O)O[C@H](c3ccc(O)cc3Cl)C[C@H]2[C@H]2C(=O)N(C)C(=O)[C@H]2C1. The standard InChI is InChI=1S/C19H21BClNO6/c1-22-18(24)13-5-9(8-27-2)17-12(16(13)19(22)25)7-15(28-20(17)26)11-4-3-10(23)6-14(11)21/h3-4,6,12-13,15-16,23,26H,5,7-8H2,1-2H3/t12-,13-,15-,16+/m0/s1. The molecule has 7 nitrogen and oxygen atoms in total. The second-order valence-electron chi connectivity index (χ2n) is 7.59. The highest BCUT2D eigenvalue weighted by atomic mass is 35.5. The number of hydrogen-bond donors (Lipinski definition) is 2. The zero-order chi connectivity index (χ0) is 20.2. The van der Waals surface area contributed by atoms with E-state index in [-0.39, 0.29) is 30.1 Å². The predicted molar refractivity (Wildman–Crippen MR) is 101 cm³/mol. The molecule has 1 aliphatic carbocycles. The molecule has 4 rings (SSSR count). The van der Waals surface area contributed by atoms with E-state index in [0.29, 0.717) is 28.9 Å². The van der Waals surface area contributed by atoms with Crippen molar-refractivity contribution >= 4 is 30.5 Å². The zero-order valence-corrected chi connectivity index (χ0v) is 16.3. The molecule has 2 fully saturated rings. The third-order valence-corrected chi connectivity index (χ3v) is 6.41. The van der Waals surface area contributed by atoms with Crippen molar-refractivity contribution in [3.63, 3.8) is 0 Å². The lowest BCUT2D eigenvalue weighted by Gasteiger charge is -2.42. The molecule has 2 N–H and O–H groups in total. The fraction of sp³-hybridized carbons (Fsp3) is 0.474. The minimum atomic E-state index is -1.21. The second kappa shape index (κ2) is 7.19. The first-order chi connectivity index (χ1) is 13.3. The number of amides is 2. The topological polar surface area (TPSA) is 96.3 Å². The first-order valence-corrected chi connectivity index (χ1v) is 9.55. The number of carbonyl (C=O) groups excluding carboxylic acids is 2. The van der Waals surface area contributed by atoms with Crippen LogP contribution in [-0.4, -0.2) is 54.7 Å². The Morgan fingerprint density at radius 1 is 1.32 bits per heavy atom. The molecule has 1 aromatic rings. The van der Waals surface area contributed by atoms with Gasteiger partial charge in [-0.3, -0.25) is 14.5 Å². The minimum Gasteiger partial charge on any atom is -0.508 e. The maximum absolute atomic E-state index is 12.8. The van der Waals surface area contributed by atoms with Gasteiger partial charge < -0.3 is 19.5 Å². The number of methoxy groups -OCH3 is 1. The van der Waals surface area contributed by atoms with Crippen molar-refractivity contribution in [1.29, 1.82) is 0 Å². The smallest absolute Gasteiger partial charge is 0.487 e. The zero-order valence-electron chi connectivity index (χ0n) is 15.6. The van der Waals surface area contributed by atoms with Crippen LogP contribution in [0, 0.1) is 17.8 Å². The van der Waals surface area contributed by atoms with E-state index in [4.69, 9.17) is 21.0 Å². The number of likely N-dealkylation sites (tertiary alicyclic amines) is 1. The number of ether oxygens (including phenoxy) is 1. The highest BCUT2D eigenvalue weighted by Crippen LogP contribution is 2.51.